The first-order valence-electron chi connectivity index (χ1n) is 6.67. The van der Waals surface area contributed by atoms with Gasteiger partial charge in [-0.1, -0.05) is 0 Å². The fraction of sp³-hybridized carbons (Fsp3) is 0.357. The molecule has 6 heteroatoms. The van der Waals surface area contributed by atoms with Crippen LogP contribution in [0.1, 0.15) is 29.4 Å². The van der Waals surface area contributed by atoms with Gasteiger partial charge in [0.1, 0.15) is 17.8 Å². The average Bonchev–Trinajstić information content (AvgIpc) is 2.98. The Labute approximate surface area is 116 Å². The summed E-state index contributed by atoms with van der Waals surface area (Å²) in [5.74, 6) is 0.0673. The van der Waals surface area contributed by atoms with Gasteiger partial charge in [0.15, 0.2) is 0 Å². The van der Waals surface area contributed by atoms with Crippen LogP contribution in [0.15, 0.2) is 36.9 Å². The van der Waals surface area contributed by atoms with Gasteiger partial charge in [-0.3, -0.25) is 0 Å². The smallest absolute Gasteiger partial charge is 0.352 e. The minimum atomic E-state index is -0.867. The minimum absolute atomic E-state index is 0.245. The fourth-order valence-corrected chi connectivity index (χ4v) is 2.74. The van der Waals surface area contributed by atoms with E-state index in [0.29, 0.717) is 5.69 Å². The number of hydrogen-bond acceptors (Lipinski definition) is 4. The Kier molecular flexibility index (Phi) is 3.37. The molecule has 1 aliphatic rings. The molecule has 20 heavy (non-hydrogen) atoms. The number of aromatic carboxylic acids is 1. The molecule has 0 aliphatic carbocycles. The van der Waals surface area contributed by atoms with Crippen LogP contribution in [-0.2, 0) is 0 Å². The van der Waals surface area contributed by atoms with Crippen molar-refractivity contribution in [3.63, 3.8) is 0 Å². The van der Waals surface area contributed by atoms with E-state index in [-0.39, 0.29) is 6.04 Å². The Bertz CT molecular complexity index is 588. The molecule has 0 unspecified atom stereocenters. The first-order chi connectivity index (χ1) is 9.75. The Morgan fingerprint density at radius 1 is 1.30 bits per heavy atom. The van der Waals surface area contributed by atoms with Crippen LogP contribution in [0, 0.1) is 0 Å². The molecule has 1 saturated heterocycles. The lowest BCUT2D eigenvalue weighted by atomic mass is 10.0. The molecule has 1 N–H and O–H groups in total. The highest BCUT2D eigenvalue weighted by molar-refractivity contribution is 5.85. The van der Waals surface area contributed by atoms with Crippen LogP contribution in [0.3, 0.4) is 0 Å². The molecule has 6 nitrogen and oxygen atoms in total. The van der Waals surface area contributed by atoms with E-state index < -0.39 is 5.97 Å². The number of hydrogen-bond donors (Lipinski definition) is 1. The number of carboxylic acids is 1. The van der Waals surface area contributed by atoms with Gasteiger partial charge in [-0.15, -0.1) is 0 Å². The Hall–Kier alpha value is -2.37. The maximum atomic E-state index is 11.2. The zero-order valence-corrected chi connectivity index (χ0v) is 11.0. The third kappa shape index (κ3) is 2.36. The van der Waals surface area contributed by atoms with Gasteiger partial charge in [0, 0.05) is 31.5 Å². The molecule has 104 valence electrons. The number of aromatic nitrogens is 3. The normalized spacial score (nSPS) is 16.3. The predicted octanol–water partition coefficient (Wildman–Crippen LogP) is 1.82. The van der Waals surface area contributed by atoms with Crippen molar-refractivity contribution in [1.29, 1.82) is 0 Å². The van der Waals surface area contributed by atoms with Gasteiger partial charge in [-0.25, -0.2) is 14.8 Å². The van der Waals surface area contributed by atoms with Crippen LogP contribution < -0.4 is 4.90 Å². The van der Waals surface area contributed by atoms with Gasteiger partial charge < -0.3 is 14.6 Å². The lowest BCUT2D eigenvalue weighted by Gasteiger charge is -2.33. The molecular formula is C14H16N4O2. The van der Waals surface area contributed by atoms with Crippen molar-refractivity contribution in [1.82, 2.24) is 14.5 Å². The summed E-state index contributed by atoms with van der Waals surface area (Å²) in [6.45, 7) is 1.75. The van der Waals surface area contributed by atoms with Crippen LogP contribution >= 0.6 is 0 Å². The topological polar surface area (TPSA) is 71.2 Å². The first-order valence-corrected chi connectivity index (χ1v) is 6.67. The van der Waals surface area contributed by atoms with Crippen molar-refractivity contribution < 1.29 is 9.90 Å². The maximum absolute atomic E-state index is 11.2. The van der Waals surface area contributed by atoms with Gasteiger partial charge in [-0.05, 0) is 31.0 Å². The minimum Gasteiger partial charge on any atom is -0.477 e. The molecule has 3 heterocycles. The van der Waals surface area contributed by atoms with E-state index in [2.05, 4.69) is 14.9 Å². The summed E-state index contributed by atoms with van der Waals surface area (Å²) < 4.78 is 1.87. The van der Waals surface area contributed by atoms with E-state index in [1.54, 1.807) is 24.7 Å². The highest BCUT2D eigenvalue weighted by Crippen LogP contribution is 2.26. The van der Waals surface area contributed by atoms with Crippen LogP contribution in [0.25, 0.3) is 0 Å². The lowest BCUT2D eigenvalue weighted by molar-refractivity contribution is 0.0681. The summed E-state index contributed by atoms with van der Waals surface area (Å²) in [5.41, 5.74) is 0.366. The van der Waals surface area contributed by atoms with Crippen molar-refractivity contribution in [2.45, 2.75) is 18.9 Å². The van der Waals surface area contributed by atoms with E-state index in [0.717, 1.165) is 31.7 Å². The largest absolute Gasteiger partial charge is 0.477 e. The first kappa shape index (κ1) is 12.7. The Morgan fingerprint density at radius 2 is 2.10 bits per heavy atom. The van der Waals surface area contributed by atoms with Gasteiger partial charge in [0.2, 0.25) is 0 Å². The second-order valence-corrected chi connectivity index (χ2v) is 4.89. The summed E-state index contributed by atoms with van der Waals surface area (Å²) in [6.07, 6.45) is 6.98. The van der Waals surface area contributed by atoms with E-state index in [4.69, 9.17) is 5.11 Å². The van der Waals surface area contributed by atoms with E-state index >= 15 is 0 Å². The number of piperidine rings is 1. The SMILES string of the molecule is O=C(O)c1cccn1C1CCN(c2ccncn2)CC1. The number of carboxylic acid groups (broad SMARTS) is 1. The molecule has 2 aromatic heterocycles. The summed E-state index contributed by atoms with van der Waals surface area (Å²) in [4.78, 5) is 21.5. The van der Waals surface area contributed by atoms with E-state index in [1.165, 1.54) is 0 Å². The third-order valence-electron chi connectivity index (χ3n) is 3.75. The monoisotopic (exact) mass is 272 g/mol. The van der Waals surface area contributed by atoms with Crippen molar-refractivity contribution >= 4 is 11.8 Å². The van der Waals surface area contributed by atoms with Crippen molar-refractivity contribution in [2.24, 2.45) is 0 Å². The molecule has 0 atom stereocenters. The molecule has 0 spiro atoms. The van der Waals surface area contributed by atoms with Crippen LogP contribution in [0.2, 0.25) is 0 Å². The molecule has 1 fully saturated rings. The lowest BCUT2D eigenvalue weighted by Crippen LogP contribution is -2.35. The van der Waals surface area contributed by atoms with Crippen molar-refractivity contribution in [3.05, 3.63) is 42.6 Å². The molecular weight excluding hydrogens is 256 g/mol. The Balaban J connectivity index is 1.70. The fourth-order valence-electron chi connectivity index (χ4n) is 2.74. The summed E-state index contributed by atoms with van der Waals surface area (Å²) >= 11 is 0. The standard InChI is InChI=1S/C14H16N4O2/c19-14(20)12-2-1-7-18(12)11-4-8-17(9-5-11)13-3-6-15-10-16-13/h1-3,6-7,10-11H,4-5,8-9H2,(H,19,20). The zero-order valence-electron chi connectivity index (χ0n) is 11.0. The summed E-state index contributed by atoms with van der Waals surface area (Å²) in [5, 5.41) is 9.17. The summed E-state index contributed by atoms with van der Waals surface area (Å²) in [6, 6.07) is 5.59. The molecule has 3 rings (SSSR count). The molecule has 2 aromatic rings. The molecule has 1 aliphatic heterocycles. The van der Waals surface area contributed by atoms with E-state index in [1.807, 2.05) is 16.8 Å². The second kappa shape index (κ2) is 5.32. The second-order valence-electron chi connectivity index (χ2n) is 4.89. The highest BCUT2D eigenvalue weighted by atomic mass is 16.4. The number of anilines is 1. The zero-order chi connectivity index (χ0) is 13.9. The van der Waals surface area contributed by atoms with Crippen molar-refractivity contribution in [3.8, 4) is 0 Å². The maximum Gasteiger partial charge on any atom is 0.352 e. The van der Waals surface area contributed by atoms with Crippen LogP contribution in [0.5, 0.6) is 0 Å². The molecule has 0 aromatic carbocycles. The van der Waals surface area contributed by atoms with Gasteiger partial charge in [0.25, 0.3) is 0 Å². The average molecular weight is 272 g/mol. The molecule has 0 bridgehead atoms. The summed E-state index contributed by atoms with van der Waals surface area (Å²) in [7, 11) is 0. The Morgan fingerprint density at radius 3 is 2.75 bits per heavy atom. The molecule has 0 saturated carbocycles. The van der Waals surface area contributed by atoms with Crippen molar-refractivity contribution in [2.75, 3.05) is 18.0 Å². The van der Waals surface area contributed by atoms with E-state index in [9.17, 15) is 4.79 Å². The number of rotatable bonds is 3. The van der Waals surface area contributed by atoms with Gasteiger partial charge >= 0.3 is 5.97 Å². The molecule has 0 amide bonds. The van der Waals surface area contributed by atoms with Gasteiger partial charge in [-0.2, -0.15) is 0 Å². The van der Waals surface area contributed by atoms with Crippen LogP contribution in [0.4, 0.5) is 5.82 Å². The molecule has 0 radical (unpaired) electrons. The predicted molar refractivity (Wildman–Crippen MR) is 73.9 cm³/mol. The highest BCUT2D eigenvalue weighted by Gasteiger charge is 2.23. The number of nitrogens with zero attached hydrogens (tertiary/aromatic N) is 4. The quantitative estimate of drug-likeness (QED) is 0.922. The van der Waals surface area contributed by atoms with Crippen LogP contribution in [-0.4, -0.2) is 38.7 Å². The number of carbonyl (C=O) groups is 1. The third-order valence-corrected chi connectivity index (χ3v) is 3.75. The van der Waals surface area contributed by atoms with Gasteiger partial charge in [0.05, 0.1) is 0 Å².